The molecule has 0 saturated carbocycles. The van der Waals surface area contributed by atoms with Gasteiger partial charge in [-0.25, -0.2) is 0 Å². The van der Waals surface area contributed by atoms with Crippen LogP contribution in [0.4, 0.5) is 0 Å². The van der Waals surface area contributed by atoms with Crippen molar-refractivity contribution in [2.24, 2.45) is 0 Å². The van der Waals surface area contributed by atoms with Gasteiger partial charge in [-0.2, -0.15) is 0 Å². The summed E-state index contributed by atoms with van der Waals surface area (Å²) >= 11 is 6.08. The molecule has 1 aromatic heterocycles. The van der Waals surface area contributed by atoms with E-state index in [1.54, 1.807) is 12.0 Å². The van der Waals surface area contributed by atoms with E-state index in [0.29, 0.717) is 16.8 Å². The first kappa shape index (κ1) is 20.8. The van der Waals surface area contributed by atoms with E-state index in [4.69, 9.17) is 20.8 Å². The van der Waals surface area contributed by atoms with Crippen LogP contribution in [0.25, 0.3) is 11.5 Å². The van der Waals surface area contributed by atoms with Crippen LogP contribution in [0, 0.1) is 6.92 Å². The molecule has 0 amide bonds. The maximum absolute atomic E-state index is 6.08. The molecule has 30 heavy (non-hydrogen) atoms. The van der Waals surface area contributed by atoms with Crippen LogP contribution in [0.2, 0.25) is 5.02 Å². The van der Waals surface area contributed by atoms with E-state index in [1.807, 2.05) is 24.3 Å². The second-order valence-corrected chi connectivity index (χ2v) is 8.51. The minimum Gasteiger partial charge on any atom is -0.496 e. The van der Waals surface area contributed by atoms with Gasteiger partial charge in [-0.05, 0) is 44.2 Å². The van der Waals surface area contributed by atoms with Crippen LogP contribution in [-0.4, -0.2) is 43.5 Å². The molecule has 1 atom stereocenters. The molecule has 2 heterocycles. The molecule has 0 unspecified atom stereocenters. The Hall–Kier alpha value is -2.41. The third-order valence-corrected chi connectivity index (χ3v) is 6.21. The maximum Gasteiger partial charge on any atom is 0.274 e. The zero-order valence-corrected chi connectivity index (χ0v) is 18.5. The number of piperazine rings is 1. The Bertz CT molecular complexity index is 998. The second-order valence-electron chi connectivity index (χ2n) is 8.08. The molecule has 1 aliphatic heterocycles. The van der Waals surface area contributed by atoms with Crippen molar-refractivity contribution in [1.29, 1.82) is 0 Å². The van der Waals surface area contributed by atoms with E-state index in [9.17, 15) is 0 Å². The predicted molar refractivity (Wildman–Crippen MR) is 116 cm³/mol. The first-order valence-corrected chi connectivity index (χ1v) is 10.8. The molecule has 1 aliphatic rings. The Labute approximate surface area is 182 Å². The zero-order chi connectivity index (χ0) is 21.1. The van der Waals surface area contributed by atoms with Crippen LogP contribution < -0.4 is 14.5 Å². The van der Waals surface area contributed by atoms with Gasteiger partial charge < -0.3 is 19.0 Å². The summed E-state index contributed by atoms with van der Waals surface area (Å²) in [6, 6.07) is 14.1. The minimum atomic E-state index is 0.167. The fourth-order valence-corrected chi connectivity index (χ4v) is 4.36. The Morgan fingerprint density at radius 3 is 2.63 bits per heavy atom. The first-order chi connectivity index (χ1) is 14.5. The minimum absolute atomic E-state index is 0.167. The second kappa shape index (κ2) is 9.16. The molecule has 2 aromatic carbocycles. The van der Waals surface area contributed by atoms with Gasteiger partial charge >= 0.3 is 0 Å². The molecule has 1 fully saturated rings. The molecule has 0 spiro atoms. The Morgan fingerprint density at radius 1 is 1.10 bits per heavy atom. The first-order valence-electron chi connectivity index (χ1n) is 10.4. The highest BCUT2D eigenvalue weighted by atomic mass is 35.5. The van der Waals surface area contributed by atoms with Crippen LogP contribution in [-0.2, 0) is 6.54 Å². The lowest BCUT2D eigenvalue weighted by molar-refractivity contribution is -1.03. The highest BCUT2D eigenvalue weighted by Crippen LogP contribution is 2.22. The molecular weight excluding hydrogens is 400 g/mol. The Balaban J connectivity index is 1.37. The molecule has 0 radical (unpaired) electrons. The van der Waals surface area contributed by atoms with Gasteiger partial charge in [0.25, 0.3) is 5.89 Å². The van der Waals surface area contributed by atoms with Gasteiger partial charge in [-0.3, -0.25) is 0 Å². The van der Waals surface area contributed by atoms with Gasteiger partial charge in [-0.15, -0.1) is 10.2 Å². The topological polar surface area (TPSA) is 57.0 Å². The van der Waals surface area contributed by atoms with Gasteiger partial charge in [0.15, 0.2) is 6.04 Å². The zero-order valence-electron chi connectivity index (χ0n) is 17.7. The van der Waals surface area contributed by atoms with Gasteiger partial charge in [-0.1, -0.05) is 29.3 Å². The number of nitrogens with one attached hydrogen (secondary N) is 2. The number of halogens is 1. The number of quaternary nitrogens is 2. The standard InChI is InChI=1S/C23H27ClN4O2/c1-16-7-8-21(29-3)19(13-16)15-27-9-11-28(12-10-27)17(2)22-25-26-23(30-22)18-5-4-6-20(24)14-18/h4-8,13-14,17H,9-12,15H2,1-3H3/p+2/t17-/m1/s1. The number of hydrogen-bond donors (Lipinski definition) is 2. The van der Waals surface area contributed by atoms with E-state index < -0.39 is 0 Å². The molecule has 0 aliphatic carbocycles. The fourth-order valence-electron chi connectivity index (χ4n) is 4.17. The van der Waals surface area contributed by atoms with Gasteiger partial charge in [0.1, 0.15) is 38.5 Å². The number of ether oxygens (including phenoxy) is 1. The summed E-state index contributed by atoms with van der Waals surface area (Å²) < 4.78 is 11.5. The number of benzene rings is 2. The maximum atomic E-state index is 6.08. The largest absolute Gasteiger partial charge is 0.496 e. The lowest BCUT2D eigenvalue weighted by atomic mass is 10.1. The number of aryl methyl sites for hydroxylation is 1. The molecule has 7 heteroatoms. The predicted octanol–water partition coefficient (Wildman–Crippen LogP) is 1.75. The molecule has 3 aromatic rings. The molecule has 2 N–H and O–H groups in total. The number of aromatic nitrogens is 2. The van der Waals surface area contributed by atoms with Crippen molar-refractivity contribution in [2.75, 3.05) is 33.3 Å². The monoisotopic (exact) mass is 428 g/mol. The highest BCUT2D eigenvalue weighted by molar-refractivity contribution is 6.30. The van der Waals surface area contributed by atoms with Crippen molar-refractivity contribution in [1.82, 2.24) is 10.2 Å². The summed E-state index contributed by atoms with van der Waals surface area (Å²) in [6.07, 6.45) is 0. The van der Waals surface area contributed by atoms with Crippen LogP contribution >= 0.6 is 11.6 Å². The fraction of sp³-hybridized carbons (Fsp3) is 0.391. The van der Waals surface area contributed by atoms with Gasteiger partial charge in [0.05, 0.1) is 7.11 Å². The lowest BCUT2D eigenvalue weighted by Gasteiger charge is -2.32. The van der Waals surface area contributed by atoms with Crippen LogP contribution in [0.3, 0.4) is 0 Å². The smallest absolute Gasteiger partial charge is 0.274 e. The SMILES string of the molecule is COc1ccc(C)cc1C[NH+]1CC[NH+]([C@H](C)c2nnc(-c3cccc(Cl)c3)o2)CC1. The number of hydrogen-bond acceptors (Lipinski definition) is 4. The Morgan fingerprint density at radius 2 is 1.90 bits per heavy atom. The molecule has 1 saturated heterocycles. The summed E-state index contributed by atoms with van der Waals surface area (Å²) in [5.41, 5.74) is 3.41. The summed E-state index contributed by atoms with van der Waals surface area (Å²) in [7, 11) is 1.75. The van der Waals surface area contributed by atoms with E-state index in [0.717, 1.165) is 44.0 Å². The van der Waals surface area contributed by atoms with Crippen molar-refractivity contribution in [2.45, 2.75) is 26.4 Å². The van der Waals surface area contributed by atoms with Gasteiger partial charge in [0.2, 0.25) is 5.89 Å². The van der Waals surface area contributed by atoms with Crippen LogP contribution in [0.15, 0.2) is 46.9 Å². The quantitative estimate of drug-likeness (QED) is 0.628. The van der Waals surface area contributed by atoms with Crippen LogP contribution in [0.1, 0.15) is 30.0 Å². The summed E-state index contributed by atoms with van der Waals surface area (Å²) in [4.78, 5) is 3.07. The molecule has 6 nitrogen and oxygen atoms in total. The normalized spacial score (nSPS) is 20.1. The third kappa shape index (κ3) is 4.67. The summed E-state index contributed by atoms with van der Waals surface area (Å²) in [6.45, 7) is 9.63. The van der Waals surface area contributed by atoms with Crippen molar-refractivity contribution in [3.63, 3.8) is 0 Å². The van der Waals surface area contributed by atoms with E-state index >= 15 is 0 Å². The summed E-state index contributed by atoms with van der Waals surface area (Å²) in [5.74, 6) is 2.19. The van der Waals surface area contributed by atoms with Crippen LogP contribution in [0.5, 0.6) is 5.75 Å². The van der Waals surface area contributed by atoms with E-state index in [1.165, 1.54) is 16.0 Å². The average molecular weight is 429 g/mol. The summed E-state index contributed by atoms with van der Waals surface area (Å²) in [5, 5.41) is 9.21. The number of methoxy groups -OCH3 is 1. The third-order valence-electron chi connectivity index (χ3n) is 5.97. The molecule has 4 rings (SSSR count). The van der Waals surface area contributed by atoms with Crippen molar-refractivity contribution in [3.8, 4) is 17.2 Å². The highest BCUT2D eigenvalue weighted by Gasteiger charge is 2.31. The molecule has 0 bridgehead atoms. The van der Waals surface area contributed by atoms with Crippen molar-refractivity contribution in [3.05, 3.63) is 64.5 Å². The van der Waals surface area contributed by atoms with Crippen molar-refractivity contribution >= 4 is 11.6 Å². The number of nitrogens with zero attached hydrogens (tertiary/aromatic N) is 2. The van der Waals surface area contributed by atoms with Crippen molar-refractivity contribution < 1.29 is 19.0 Å². The number of rotatable bonds is 6. The van der Waals surface area contributed by atoms with E-state index in [2.05, 4.69) is 42.2 Å². The Kier molecular flexibility index (Phi) is 6.37. The van der Waals surface area contributed by atoms with Gasteiger partial charge in [0, 0.05) is 16.1 Å². The van der Waals surface area contributed by atoms with E-state index in [-0.39, 0.29) is 6.04 Å². The molecular formula is C23H29ClN4O2+2. The average Bonchev–Trinajstić information content (AvgIpc) is 3.24. The molecule has 158 valence electrons. The lowest BCUT2D eigenvalue weighted by Crippen LogP contribution is -3.27.